The van der Waals surface area contributed by atoms with E-state index < -0.39 is 0 Å². The minimum Gasteiger partial charge on any atom is -0.497 e. The van der Waals surface area contributed by atoms with E-state index in [1.165, 1.54) is 0 Å². The van der Waals surface area contributed by atoms with Crippen LogP contribution in [0, 0.1) is 0 Å². The molecular formula is C29H38N6O2. The van der Waals surface area contributed by atoms with Gasteiger partial charge in [0.2, 0.25) is 5.91 Å². The molecule has 1 amide bonds. The van der Waals surface area contributed by atoms with Gasteiger partial charge in [-0.25, -0.2) is 9.97 Å². The summed E-state index contributed by atoms with van der Waals surface area (Å²) in [6, 6.07) is 12.6. The van der Waals surface area contributed by atoms with Crippen LogP contribution in [0.1, 0.15) is 25.6 Å². The molecule has 1 aromatic heterocycles. The normalized spacial score (nSPS) is 18.2. The number of nitrogens with zero attached hydrogens (tertiary/aromatic N) is 5. The number of ether oxygens (including phenoxy) is 1. The molecule has 0 atom stereocenters. The van der Waals surface area contributed by atoms with Crippen LogP contribution in [0.4, 0.5) is 5.69 Å². The van der Waals surface area contributed by atoms with Gasteiger partial charge in [-0.3, -0.25) is 14.6 Å². The smallest absolute Gasteiger partial charge is 0.238 e. The highest BCUT2D eigenvalue weighted by Crippen LogP contribution is 2.33. The molecule has 196 valence electrons. The Morgan fingerprint density at radius 2 is 1.84 bits per heavy atom. The first-order valence-electron chi connectivity index (χ1n) is 13.4. The summed E-state index contributed by atoms with van der Waals surface area (Å²) in [5.74, 6) is 1.58. The number of aryl methyl sites for hydroxylation is 1. The third-order valence-electron chi connectivity index (χ3n) is 7.73. The van der Waals surface area contributed by atoms with Crippen molar-refractivity contribution in [3.8, 4) is 17.0 Å². The third-order valence-corrected chi connectivity index (χ3v) is 7.73. The molecule has 2 saturated heterocycles. The first-order chi connectivity index (χ1) is 18.0. The summed E-state index contributed by atoms with van der Waals surface area (Å²) < 4.78 is 5.47. The Balaban J connectivity index is 1.30. The number of nitrogens with one attached hydrogen (secondary N) is 1. The second-order valence-corrected chi connectivity index (χ2v) is 10.2. The van der Waals surface area contributed by atoms with Crippen LogP contribution in [0.15, 0.2) is 42.6 Å². The summed E-state index contributed by atoms with van der Waals surface area (Å²) in [5.41, 5.74) is 2.59. The van der Waals surface area contributed by atoms with Gasteiger partial charge in [-0.1, -0.05) is 13.0 Å². The number of hydrogen-bond acceptors (Lipinski definition) is 7. The predicted molar refractivity (Wildman–Crippen MR) is 148 cm³/mol. The molecule has 2 aromatic carbocycles. The molecular weight excluding hydrogens is 464 g/mol. The first kappa shape index (κ1) is 25.6. The largest absolute Gasteiger partial charge is 0.497 e. The van der Waals surface area contributed by atoms with Crippen LogP contribution in [0.5, 0.6) is 5.75 Å². The fraction of sp³-hybridized carbons (Fsp3) is 0.483. The molecule has 0 unspecified atom stereocenters. The highest BCUT2D eigenvalue weighted by molar-refractivity contribution is 6.05. The molecule has 3 aromatic rings. The van der Waals surface area contributed by atoms with Crippen molar-refractivity contribution in [2.24, 2.45) is 0 Å². The molecule has 8 nitrogen and oxygen atoms in total. The molecule has 3 heterocycles. The van der Waals surface area contributed by atoms with Gasteiger partial charge in [0.05, 0.1) is 19.3 Å². The Hall–Kier alpha value is -3.07. The van der Waals surface area contributed by atoms with Gasteiger partial charge in [0.15, 0.2) is 0 Å². The van der Waals surface area contributed by atoms with Crippen LogP contribution in [0.3, 0.4) is 0 Å². The Morgan fingerprint density at radius 3 is 2.57 bits per heavy atom. The summed E-state index contributed by atoms with van der Waals surface area (Å²) in [6.45, 7) is 8.97. The van der Waals surface area contributed by atoms with Gasteiger partial charge in [-0.05, 0) is 55.6 Å². The zero-order valence-corrected chi connectivity index (χ0v) is 22.2. The molecule has 0 aliphatic carbocycles. The third kappa shape index (κ3) is 6.09. The molecule has 2 aliphatic heterocycles. The van der Waals surface area contributed by atoms with Gasteiger partial charge in [0.25, 0.3) is 0 Å². The summed E-state index contributed by atoms with van der Waals surface area (Å²) in [4.78, 5) is 29.6. The maximum atomic E-state index is 13.2. The van der Waals surface area contributed by atoms with Gasteiger partial charge in [0.1, 0.15) is 11.6 Å². The van der Waals surface area contributed by atoms with Crippen LogP contribution in [0.2, 0.25) is 0 Å². The van der Waals surface area contributed by atoms with Crippen molar-refractivity contribution in [2.45, 2.75) is 32.2 Å². The quantitative estimate of drug-likeness (QED) is 0.530. The topological polar surface area (TPSA) is 73.8 Å². The van der Waals surface area contributed by atoms with Crippen molar-refractivity contribution in [1.82, 2.24) is 24.7 Å². The number of likely N-dealkylation sites (tertiary alicyclic amines) is 1. The number of hydrogen-bond donors (Lipinski definition) is 1. The molecule has 5 rings (SSSR count). The zero-order chi connectivity index (χ0) is 25.8. The second-order valence-electron chi connectivity index (χ2n) is 10.2. The fourth-order valence-corrected chi connectivity index (χ4v) is 5.47. The van der Waals surface area contributed by atoms with E-state index in [4.69, 9.17) is 9.72 Å². The van der Waals surface area contributed by atoms with Crippen LogP contribution in [0.25, 0.3) is 22.0 Å². The first-order valence-corrected chi connectivity index (χ1v) is 13.4. The molecule has 0 radical (unpaired) electrons. The number of likely N-dealkylation sites (N-methyl/N-ethyl adjacent to an activating group) is 1. The number of carbonyl (C=O) groups excluding carboxylic acids is 1. The van der Waals surface area contributed by atoms with Gasteiger partial charge in [-0.15, -0.1) is 0 Å². The standard InChI is InChI=1S/C29H38N6O2/c1-4-28-30-10-7-26(31-28)22-17-21-5-6-24(37-3)19-25(21)27(18-22)32-29(36)20-34-11-8-23(9-12-34)35-15-13-33(2)14-16-35/h5-7,10,17-19,23H,4,8-9,11-16,20H2,1-3H3,(H,32,36). The zero-order valence-electron chi connectivity index (χ0n) is 22.2. The van der Waals surface area contributed by atoms with Gasteiger partial charge in [-0.2, -0.15) is 0 Å². The van der Waals surface area contributed by atoms with Crippen molar-refractivity contribution in [3.63, 3.8) is 0 Å². The molecule has 37 heavy (non-hydrogen) atoms. The van der Waals surface area contributed by atoms with Crippen LogP contribution in [-0.2, 0) is 11.2 Å². The molecule has 2 aliphatic rings. The van der Waals surface area contributed by atoms with Crippen LogP contribution >= 0.6 is 0 Å². The second kappa shape index (κ2) is 11.5. The number of piperidine rings is 1. The van der Waals surface area contributed by atoms with E-state index in [1.807, 2.05) is 37.3 Å². The summed E-state index contributed by atoms with van der Waals surface area (Å²) in [6.07, 6.45) is 4.82. The Bertz CT molecular complexity index is 1230. The maximum Gasteiger partial charge on any atom is 0.238 e. The minimum absolute atomic E-state index is 0.0104. The summed E-state index contributed by atoms with van der Waals surface area (Å²) in [5, 5.41) is 5.19. The molecule has 1 N–H and O–H groups in total. The summed E-state index contributed by atoms with van der Waals surface area (Å²) in [7, 11) is 3.86. The minimum atomic E-state index is 0.0104. The van der Waals surface area contributed by atoms with Crippen LogP contribution < -0.4 is 10.1 Å². The van der Waals surface area contributed by atoms with Crippen molar-refractivity contribution in [2.75, 3.05) is 65.3 Å². The van der Waals surface area contributed by atoms with Gasteiger partial charge < -0.3 is 15.0 Å². The number of anilines is 1. The molecule has 0 saturated carbocycles. The number of amides is 1. The van der Waals surface area contributed by atoms with Crippen molar-refractivity contribution in [1.29, 1.82) is 0 Å². The Labute approximate surface area is 219 Å². The van der Waals surface area contributed by atoms with E-state index in [0.29, 0.717) is 12.6 Å². The monoisotopic (exact) mass is 502 g/mol. The highest BCUT2D eigenvalue weighted by Gasteiger charge is 2.27. The number of fused-ring (bicyclic) bond motifs is 1. The van der Waals surface area contributed by atoms with Crippen molar-refractivity contribution >= 4 is 22.4 Å². The van der Waals surface area contributed by atoms with E-state index in [9.17, 15) is 4.79 Å². The van der Waals surface area contributed by atoms with E-state index >= 15 is 0 Å². The lowest BCUT2D eigenvalue weighted by molar-refractivity contribution is -0.117. The SMILES string of the molecule is CCc1nccc(-c2cc(NC(=O)CN3CCC(N4CCN(C)CC4)CC3)c3cc(OC)ccc3c2)n1. The number of piperazine rings is 1. The Kier molecular flexibility index (Phi) is 7.98. The van der Waals surface area contributed by atoms with Crippen LogP contribution in [-0.4, -0.2) is 96.6 Å². The van der Waals surface area contributed by atoms with Gasteiger partial charge in [0, 0.05) is 74.6 Å². The fourth-order valence-electron chi connectivity index (χ4n) is 5.47. The lowest BCUT2D eigenvalue weighted by atomic mass is 10.0. The number of rotatable bonds is 7. The average Bonchev–Trinajstić information content (AvgIpc) is 2.93. The van der Waals surface area contributed by atoms with E-state index in [0.717, 1.165) is 97.8 Å². The van der Waals surface area contributed by atoms with E-state index in [2.05, 4.69) is 38.1 Å². The molecule has 0 spiro atoms. The number of benzene rings is 2. The maximum absolute atomic E-state index is 13.2. The predicted octanol–water partition coefficient (Wildman–Crippen LogP) is 3.52. The van der Waals surface area contributed by atoms with E-state index in [-0.39, 0.29) is 5.91 Å². The molecule has 8 heteroatoms. The lowest BCUT2D eigenvalue weighted by Crippen LogP contribution is -2.52. The van der Waals surface area contributed by atoms with E-state index in [1.54, 1.807) is 13.3 Å². The highest BCUT2D eigenvalue weighted by atomic mass is 16.5. The number of carbonyl (C=O) groups is 1. The lowest BCUT2D eigenvalue weighted by Gasteiger charge is -2.41. The number of aromatic nitrogens is 2. The molecule has 2 fully saturated rings. The average molecular weight is 503 g/mol. The van der Waals surface area contributed by atoms with Crippen molar-refractivity contribution < 1.29 is 9.53 Å². The number of methoxy groups -OCH3 is 1. The Morgan fingerprint density at radius 1 is 1.05 bits per heavy atom. The van der Waals surface area contributed by atoms with Gasteiger partial charge >= 0.3 is 0 Å². The summed E-state index contributed by atoms with van der Waals surface area (Å²) >= 11 is 0. The molecule has 0 bridgehead atoms. The van der Waals surface area contributed by atoms with Crippen molar-refractivity contribution in [3.05, 3.63) is 48.4 Å².